The van der Waals surface area contributed by atoms with Gasteiger partial charge in [-0.2, -0.15) is 5.26 Å². The molecular formula is C38H32F2N4O3. The minimum absolute atomic E-state index is 0.0123. The topological polar surface area (TPSA) is 88.8 Å². The standard InChI is InChI=1S/C38H32F2N4O3/c1-37(33-20-26(9-18-34(33)39)27-19-25(21-41)22-42-23-27)35(40)24-43-36(47-37)44-38(28-7-5-4-6-8-28,29-10-14-31(45-2)15-11-29)30-12-16-32(46-3)17-13-30/h4-20,22-23,35H,24H2,1-3H3,(H,43,44)/t35-,37-/m1/s1. The molecule has 6 rings (SSSR count). The van der Waals surface area contributed by atoms with E-state index in [0.717, 1.165) is 16.7 Å². The Morgan fingerprint density at radius 2 is 1.47 bits per heavy atom. The van der Waals surface area contributed by atoms with Gasteiger partial charge in [-0.3, -0.25) is 4.98 Å². The summed E-state index contributed by atoms with van der Waals surface area (Å²) < 4.78 is 48.9. The summed E-state index contributed by atoms with van der Waals surface area (Å²) in [5.41, 5.74) is 1.17. The molecule has 0 radical (unpaired) electrons. The molecule has 0 saturated carbocycles. The van der Waals surface area contributed by atoms with Gasteiger partial charge < -0.3 is 19.5 Å². The zero-order chi connectivity index (χ0) is 33.0. The van der Waals surface area contributed by atoms with Crippen molar-refractivity contribution in [3.8, 4) is 28.7 Å². The van der Waals surface area contributed by atoms with Crippen LogP contribution < -0.4 is 14.8 Å². The summed E-state index contributed by atoms with van der Waals surface area (Å²) in [4.78, 5) is 8.61. The minimum atomic E-state index is -1.76. The van der Waals surface area contributed by atoms with Gasteiger partial charge in [0, 0.05) is 23.5 Å². The number of methoxy groups -OCH3 is 2. The first kappa shape index (κ1) is 31.2. The Hall–Kier alpha value is -5.75. The van der Waals surface area contributed by atoms with Gasteiger partial charge in [-0.1, -0.05) is 60.7 Å². The summed E-state index contributed by atoms with van der Waals surface area (Å²) in [7, 11) is 3.20. The van der Waals surface area contributed by atoms with E-state index in [9.17, 15) is 5.26 Å². The van der Waals surface area contributed by atoms with Gasteiger partial charge in [-0.05, 0) is 71.6 Å². The Bertz CT molecular complexity index is 1900. The summed E-state index contributed by atoms with van der Waals surface area (Å²) in [6.45, 7) is 1.25. The van der Waals surface area contributed by atoms with E-state index in [4.69, 9.17) is 14.2 Å². The van der Waals surface area contributed by atoms with Gasteiger partial charge in [-0.15, -0.1) is 0 Å². The third-order valence-electron chi connectivity index (χ3n) is 8.55. The van der Waals surface area contributed by atoms with Gasteiger partial charge in [0.1, 0.15) is 28.9 Å². The lowest BCUT2D eigenvalue weighted by Gasteiger charge is -2.42. The first-order valence-corrected chi connectivity index (χ1v) is 15.0. The van der Waals surface area contributed by atoms with Crippen LogP contribution in [0.3, 0.4) is 0 Å². The SMILES string of the molecule is COc1ccc(C(NC2=NC[C@@H](F)[C@@](C)(c3cc(-c4cncc(C#N)c4)ccc3F)O2)(c2ccccc2)c2ccc(OC)cc2)cc1. The van der Waals surface area contributed by atoms with Gasteiger partial charge in [0.25, 0.3) is 6.02 Å². The molecule has 2 atom stereocenters. The number of aromatic nitrogens is 1. The van der Waals surface area contributed by atoms with E-state index >= 15 is 8.78 Å². The molecule has 7 nitrogen and oxygen atoms in total. The number of halogens is 2. The highest BCUT2D eigenvalue weighted by Crippen LogP contribution is 2.42. The van der Waals surface area contributed by atoms with Crippen LogP contribution in [0, 0.1) is 17.1 Å². The number of ether oxygens (including phenoxy) is 3. The van der Waals surface area contributed by atoms with Crippen LogP contribution >= 0.6 is 0 Å². The molecule has 1 aliphatic rings. The van der Waals surface area contributed by atoms with Crippen LogP contribution in [0.2, 0.25) is 0 Å². The Labute approximate surface area is 272 Å². The molecule has 2 heterocycles. The Morgan fingerprint density at radius 1 is 0.851 bits per heavy atom. The fourth-order valence-electron chi connectivity index (χ4n) is 5.91. The van der Waals surface area contributed by atoms with Gasteiger partial charge >= 0.3 is 0 Å². The Morgan fingerprint density at radius 3 is 2.06 bits per heavy atom. The molecule has 0 saturated heterocycles. The summed E-state index contributed by atoms with van der Waals surface area (Å²) >= 11 is 0. The molecule has 1 N–H and O–H groups in total. The van der Waals surface area contributed by atoms with Crippen molar-refractivity contribution in [1.29, 1.82) is 5.26 Å². The van der Waals surface area contributed by atoms with Crippen molar-refractivity contribution in [2.24, 2.45) is 4.99 Å². The molecule has 0 amide bonds. The Balaban J connectivity index is 1.47. The molecule has 0 bridgehead atoms. The number of rotatable bonds is 8. The molecule has 9 heteroatoms. The third-order valence-corrected chi connectivity index (χ3v) is 8.55. The summed E-state index contributed by atoms with van der Waals surface area (Å²) in [5.74, 6) is 0.718. The van der Waals surface area contributed by atoms with Crippen molar-refractivity contribution in [2.45, 2.75) is 24.2 Å². The monoisotopic (exact) mass is 630 g/mol. The fourth-order valence-corrected chi connectivity index (χ4v) is 5.91. The highest BCUT2D eigenvalue weighted by atomic mass is 19.1. The maximum atomic E-state index is 16.0. The van der Waals surface area contributed by atoms with Crippen LogP contribution in [0.15, 0.2) is 121 Å². The summed E-state index contributed by atoms with van der Waals surface area (Å²) in [5, 5.41) is 12.9. The number of hydrogen-bond donors (Lipinski definition) is 1. The van der Waals surface area contributed by atoms with Gasteiger partial charge in [0.15, 0.2) is 11.8 Å². The van der Waals surface area contributed by atoms with E-state index in [1.54, 1.807) is 38.6 Å². The average Bonchev–Trinajstić information content (AvgIpc) is 3.13. The van der Waals surface area contributed by atoms with Crippen LogP contribution in [0.5, 0.6) is 11.5 Å². The number of nitrogens with zero attached hydrogens (tertiary/aromatic N) is 3. The molecule has 0 fully saturated rings. The number of hydrogen-bond acceptors (Lipinski definition) is 7. The molecule has 1 aromatic heterocycles. The molecular weight excluding hydrogens is 598 g/mol. The number of pyridine rings is 1. The fraction of sp³-hybridized carbons (Fsp3) is 0.184. The number of aliphatic imine (C=N–C) groups is 1. The van der Waals surface area contributed by atoms with E-state index < -0.39 is 23.1 Å². The normalized spacial score (nSPS) is 17.5. The quantitative estimate of drug-likeness (QED) is 0.181. The third kappa shape index (κ3) is 5.86. The lowest BCUT2D eigenvalue weighted by Crippen LogP contribution is -2.54. The molecule has 236 valence electrons. The minimum Gasteiger partial charge on any atom is -0.497 e. The second-order valence-corrected chi connectivity index (χ2v) is 11.3. The van der Waals surface area contributed by atoms with E-state index in [2.05, 4.69) is 21.4 Å². The van der Waals surface area contributed by atoms with Gasteiger partial charge in [-0.25, -0.2) is 13.8 Å². The smallest absolute Gasteiger partial charge is 0.286 e. The number of nitrogens with one attached hydrogen (secondary N) is 1. The average molecular weight is 631 g/mol. The second-order valence-electron chi connectivity index (χ2n) is 11.3. The molecule has 5 aromatic rings. The van der Waals surface area contributed by atoms with Crippen LogP contribution in [0.4, 0.5) is 8.78 Å². The van der Waals surface area contributed by atoms with Crippen LogP contribution in [-0.4, -0.2) is 37.9 Å². The van der Waals surface area contributed by atoms with Crippen molar-refractivity contribution in [3.63, 3.8) is 0 Å². The van der Waals surface area contributed by atoms with E-state index in [1.165, 1.54) is 19.2 Å². The van der Waals surface area contributed by atoms with Crippen molar-refractivity contribution in [3.05, 3.63) is 149 Å². The molecule has 0 spiro atoms. The zero-order valence-corrected chi connectivity index (χ0v) is 26.1. The number of alkyl halides is 1. The zero-order valence-electron chi connectivity index (χ0n) is 26.1. The van der Waals surface area contributed by atoms with Crippen molar-refractivity contribution >= 4 is 6.02 Å². The highest BCUT2D eigenvalue weighted by molar-refractivity contribution is 5.79. The van der Waals surface area contributed by atoms with Crippen LogP contribution in [0.1, 0.15) is 34.7 Å². The van der Waals surface area contributed by atoms with E-state index in [-0.39, 0.29) is 18.1 Å². The van der Waals surface area contributed by atoms with E-state index in [0.29, 0.717) is 28.2 Å². The largest absolute Gasteiger partial charge is 0.497 e. The number of amidine groups is 1. The van der Waals surface area contributed by atoms with Crippen molar-refractivity contribution < 1.29 is 23.0 Å². The van der Waals surface area contributed by atoms with Crippen LogP contribution in [-0.2, 0) is 15.9 Å². The molecule has 4 aromatic carbocycles. The maximum Gasteiger partial charge on any atom is 0.286 e. The first-order valence-electron chi connectivity index (χ1n) is 15.0. The molecule has 0 unspecified atom stereocenters. The second kappa shape index (κ2) is 12.9. The lowest BCUT2D eigenvalue weighted by molar-refractivity contribution is -0.0274. The number of benzene rings is 4. The molecule has 0 aliphatic carbocycles. The van der Waals surface area contributed by atoms with Gasteiger partial charge in [0.05, 0.1) is 26.3 Å². The first-order chi connectivity index (χ1) is 22.8. The van der Waals surface area contributed by atoms with Gasteiger partial charge in [0.2, 0.25) is 0 Å². The van der Waals surface area contributed by atoms with Crippen molar-refractivity contribution in [1.82, 2.24) is 10.3 Å². The lowest BCUT2D eigenvalue weighted by atomic mass is 9.77. The number of nitriles is 1. The van der Waals surface area contributed by atoms with E-state index in [1.807, 2.05) is 78.9 Å². The predicted molar refractivity (Wildman–Crippen MR) is 175 cm³/mol. The maximum absolute atomic E-state index is 16.0. The molecule has 47 heavy (non-hydrogen) atoms. The van der Waals surface area contributed by atoms with Crippen LogP contribution in [0.25, 0.3) is 11.1 Å². The Kier molecular flexibility index (Phi) is 8.59. The summed E-state index contributed by atoms with van der Waals surface area (Å²) in [6, 6.07) is 33.1. The summed E-state index contributed by atoms with van der Waals surface area (Å²) in [6.07, 6.45) is 1.34. The van der Waals surface area contributed by atoms with Crippen molar-refractivity contribution in [2.75, 3.05) is 20.8 Å². The molecule has 1 aliphatic heterocycles. The predicted octanol–water partition coefficient (Wildman–Crippen LogP) is 7.30. The highest BCUT2D eigenvalue weighted by Gasteiger charge is 2.47.